The Morgan fingerprint density at radius 1 is 1.60 bits per heavy atom. The van der Waals surface area contributed by atoms with Gasteiger partial charge in [-0.3, -0.25) is 0 Å². The van der Waals surface area contributed by atoms with Crippen LogP contribution < -0.4 is 5.32 Å². The monoisotopic (exact) mass is 145 g/mol. The number of hydrogen-bond acceptors (Lipinski definition) is 3. The third-order valence-corrected chi connectivity index (χ3v) is 1.82. The molecule has 0 aromatic rings. The molecule has 0 saturated heterocycles. The first-order valence-electron chi connectivity index (χ1n) is 3.78. The molecule has 1 atom stereocenters. The van der Waals surface area contributed by atoms with Crippen LogP contribution in [0.3, 0.4) is 0 Å². The molecule has 0 aromatic heterocycles. The molecule has 0 radical (unpaired) electrons. The molecular formula is C7H15NO2. The zero-order valence-corrected chi connectivity index (χ0v) is 6.25. The topological polar surface area (TPSA) is 52.5 Å². The van der Waals surface area contributed by atoms with E-state index in [9.17, 15) is 0 Å². The van der Waals surface area contributed by atoms with Crippen molar-refractivity contribution in [1.82, 2.24) is 5.32 Å². The van der Waals surface area contributed by atoms with Crippen LogP contribution in [0.25, 0.3) is 0 Å². The third-order valence-electron chi connectivity index (χ3n) is 1.82. The van der Waals surface area contributed by atoms with Gasteiger partial charge >= 0.3 is 0 Å². The highest BCUT2D eigenvalue weighted by atomic mass is 16.3. The third kappa shape index (κ3) is 2.25. The SMILES string of the molecule is CC(O)CNC1CC(O)C1. The quantitative estimate of drug-likeness (QED) is 0.501. The van der Waals surface area contributed by atoms with Gasteiger partial charge in [-0.05, 0) is 19.8 Å². The van der Waals surface area contributed by atoms with Gasteiger partial charge in [0, 0.05) is 12.6 Å². The zero-order chi connectivity index (χ0) is 7.56. The predicted octanol–water partition coefficient (Wildman–Crippen LogP) is -0.520. The number of rotatable bonds is 3. The molecule has 1 aliphatic rings. The van der Waals surface area contributed by atoms with Crippen LogP contribution in [0.1, 0.15) is 19.8 Å². The molecule has 1 fully saturated rings. The zero-order valence-electron chi connectivity index (χ0n) is 6.25. The Balaban J connectivity index is 1.95. The Morgan fingerprint density at radius 3 is 2.60 bits per heavy atom. The molecule has 3 nitrogen and oxygen atoms in total. The summed E-state index contributed by atoms with van der Waals surface area (Å²) in [7, 11) is 0. The van der Waals surface area contributed by atoms with Crippen molar-refractivity contribution in [3.05, 3.63) is 0 Å². The minimum absolute atomic E-state index is 0.105. The van der Waals surface area contributed by atoms with Crippen molar-refractivity contribution in [3.63, 3.8) is 0 Å². The average Bonchev–Trinajstić information content (AvgIpc) is 1.77. The summed E-state index contributed by atoms with van der Waals surface area (Å²) in [6, 6.07) is 0.435. The molecule has 0 aliphatic heterocycles. The smallest absolute Gasteiger partial charge is 0.0636 e. The van der Waals surface area contributed by atoms with Gasteiger partial charge in [0.05, 0.1) is 12.2 Å². The number of aliphatic hydroxyl groups excluding tert-OH is 2. The number of aliphatic hydroxyl groups is 2. The predicted molar refractivity (Wildman–Crippen MR) is 38.7 cm³/mol. The summed E-state index contributed by atoms with van der Waals surface area (Å²) in [6.07, 6.45) is 1.30. The van der Waals surface area contributed by atoms with Crippen LogP contribution in [0, 0.1) is 0 Å². The van der Waals surface area contributed by atoms with Crippen molar-refractivity contribution in [2.24, 2.45) is 0 Å². The molecule has 0 bridgehead atoms. The van der Waals surface area contributed by atoms with Gasteiger partial charge < -0.3 is 15.5 Å². The highest BCUT2D eigenvalue weighted by Gasteiger charge is 2.26. The second-order valence-corrected chi connectivity index (χ2v) is 3.08. The fraction of sp³-hybridized carbons (Fsp3) is 1.00. The van der Waals surface area contributed by atoms with Crippen molar-refractivity contribution in [1.29, 1.82) is 0 Å². The fourth-order valence-electron chi connectivity index (χ4n) is 1.09. The summed E-state index contributed by atoms with van der Waals surface area (Å²) >= 11 is 0. The lowest BCUT2D eigenvalue weighted by Gasteiger charge is -2.32. The van der Waals surface area contributed by atoms with E-state index in [1.54, 1.807) is 6.92 Å². The maximum absolute atomic E-state index is 8.88. The Hall–Kier alpha value is -0.120. The molecular weight excluding hydrogens is 130 g/mol. The lowest BCUT2D eigenvalue weighted by atomic mass is 9.89. The second kappa shape index (κ2) is 3.32. The van der Waals surface area contributed by atoms with E-state index in [-0.39, 0.29) is 12.2 Å². The van der Waals surface area contributed by atoms with Gasteiger partial charge in [0.25, 0.3) is 0 Å². The molecule has 0 spiro atoms. The van der Waals surface area contributed by atoms with Gasteiger partial charge in [0.1, 0.15) is 0 Å². The van der Waals surface area contributed by atoms with E-state index in [2.05, 4.69) is 5.32 Å². The molecule has 0 aromatic carbocycles. The molecule has 1 saturated carbocycles. The molecule has 60 valence electrons. The highest BCUT2D eigenvalue weighted by Crippen LogP contribution is 2.18. The van der Waals surface area contributed by atoms with Gasteiger partial charge in [-0.2, -0.15) is 0 Å². The molecule has 3 N–H and O–H groups in total. The van der Waals surface area contributed by atoms with E-state index in [1.807, 2.05) is 0 Å². The van der Waals surface area contributed by atoms with Crippen LogP contribution in [0.15, 0.2) is 0 Å². The van der Waals surface area contributed by atoms with Crippen molar-refractivity contribution < 1.29 is 10.2 Å². The molecule has 1 rings (SSSR count). The maximum Gasteiger partial charge on any atom is 0.0636 e. The standard InChI is InChI=1S/C7H15NO2/c1-5(9)4-8-6-2-7(10)3-6/h5-10H,2-4H2,1H3. The lowest BCUT2D eigenvalue weighted by Crippen LogP contribution is -2.46. The van der Waals surface area contributed by atoms with Crippen molar-refractivity contribution in [2.45, 2.75) is 38.0 Å². The van der Waals surface area contributed by atoms with Gasteiger partial charge in [-0.15, -0.1) is 0 Å². The molecule has 0 amide bonds. The molecule has 10 heavy (non-hydrogen) atoms. The normalized spacial score (nSPS) is 35.1. The molecule has 1 unspecified atom stereocenters. The lowest BCUT2D eigenvalue weighted by molar-refractivity contribution is 0.0565. The van der Waals surface area contributed by atoms with E-state index in [1.165, 1.54) is 0 Å². The van der Waals surface area contributed by atoms with Crippen LogP contribution in [0.5, 0.6) is 0 Å². The van der Waals surface area contributed by atoms with E-state index >= 15 is 0 Å². The van der Waals surface area contributed by atoms with Gasteiger partial charge in [0.15, 0.2) is 0 Å². The molecule has 1 aliphatic carbocycles. The Morgan fingerprint density at radius 2 is 2.20 bits per heavy atom. The Kier molecular flexibility index (Phi) is 2.65. The minimum atomic E-state index is -0.280. The Labute approximate surface area is 61.1 Å². The largest absolute Gasteiger partial charge is 0.393 e. The van der Waals surface area contributed by atoms with Crippen molar-refractivity contribution >= 4 is 0 Å². The van der Waals surface area contributed by atoms with Crippen LogP contribution in [0.4, 0.5) is 0 Å². The molecule has 0 heterocycles. The average molecular weight is 145 g/mol. The Bertz CT molecular complexity index is 99.8. The number of nitrogens with one attached hydrogen (secondary N) is 1. The summed E-state index contributed by atoms with van der Waals surface area (Å²) in [5.41, 5.74) is 0. The van der Waals surface area contributed by atoms with Crippen LogP contribution in [0.2, 0.25) is 0 Å². The first kappa shape index (κ1) is 7.98. The first-order chi connectivity index (χ1) is 4.68. The van der Waals surface area contributed by atoms with E-state index in [0.717, 1.165) is 12.8 Å². The molecule has 3 heteroatoms. The maximum atomic E-state index is 8.88. The van der Waals surface area contributed by atoms with Crippen molar-refractivity contribution in [3.8, 4) is 0 Å². The summed E-state index contributed by atoms with van der Waals surface area (Å²) in [6.45, 7) is 2.39. The van der Waals surface area contributed by atoms with E-state index in [4.69, 9.17) is 10.2 Å². The fourth-order valence-corrected chi connectivity index (χ4v) is 1.09. The number of hydrogen-bond donors (Lipinski definition) is 3. The van der Waals surface area contributed by atoms with Gasteiger partial charge in [-0.25, -0.2) is 0 Å². The van der Waals surface area contributed by atoms with Crippen LogP contribution in [-0.4, -0.2) is 35.0 Å². The summed E-state index contributed by atoms with van der Waals surface area (Å²) < 4.78 is 0. The minimum Gasteiger partial charge on any atom is -0.393 e. The van der Waals surface area contributed by atoms with Crippen LogP contribution >= 0.6 is 0 Å². The summed E-state index contributed by atoms with van der Waals surface area (Å²) in [5, 5.41) is 20.9. The van der Waals surface area contributed by atoms with E-state index in [0.29, 0.717) is 12.6 Å². The second-order valence-electron chi connectivity index (χ2n) is 3.08. The van der Waals surface area contributed by atoms with Gasteiger partial charge in [0.2, 0.25) is 0 Å². The van der Waals surface area contributed by atoms with Crippen molar-refractivity contribution in [2.75, 3.05) is 6.54 Å². The van der Waals surface area contributed by atoms with Crippen LogP contribution in [-0.2, 0) is 0 Å². The van der Waals surface area contributed by atoms with Gasteiger partial charge in [-0.1, -0.05) is 0 Å². The van der Waals surface area contributed by atoms with E-state index < -0.39 is 0 Å². The first-order valence-corrected chi connectivity index (χ1v) is 3.78. The summed E-state index contributed by atoms with van der Waals surface area (Å²) in [5.74, 6) is 0. The highest BCUT2D eigenvalue weighted by molar-refractivity contribution is 4.84. The summed E-state index contributed by atoms with van der Waals surface area (Å²) in [4.78, 5) is 0.